The lowest BCUT2D eigenvalue weighted by Crippen LogP contribution is -2.44. The van der Waals surface area contributed by atoms with Crippen LogP contribution in [0.4, 0.5) is 0 Å². The van der Waals surface area contributed by atoms with Crippen LogP contribution in [0.2, 0.25) is 0 Å². The fourth-order valence-corrected chi connectivity index (χ4v) is 3.76. The van der Waals surface area contributed by atoms with Crippen LogP contribution in [0.3, 0.4) is 0 Å². The third-order valence-corrected chi connectivity index (χ3v) is 4.94. The average Bonchev–Trinajstić information content (AvgIpc) is 3.08. The van der Waals surface area contributed by atoms with E-state index in [0.29, 0.717) is 6.42 Å². The summed E-state index contributed by atoms with van der Waals surface area (Å²) in [6.45, 7) is 0.954. The number of hydrogen-bond acceptors (Lipinski definition) is 4. The summed E-state index contributed by atoms with van der Waals surface area (Å²) in [5.74, 6) is 0.905. The highest BCUT2D eigenvalue weighted by Crippen LogP contribution is 2.35. The molecule has 1 aromatic heterocycles. The first kappa shape index (κ1) is 14.0. The predicted molar refractivity (Wildman–Crippen MR) is 77.4 cm³/mol. The molecule has 2 aliphatic carbocycles. The molecule has 1 aromatic rings. The Morgan fingerprint density at radius 1 is 1.15 bits per heavy atom. The zero-order chi connectivity index (χ0) is 13.9. The van der Waals surface area contributed by atoms with E-state index in [4.69, 9.17) is 0 Å². The molecule has 0 unspecified atom stereocenters. The number of aliphatic hydroxyl groups excluding tert-OH is 2. The molecule has 0 saturated heterocycles. The fourth-order valence-electron chi connectivity index (χ4n) is 3.76. The number of nitrogens with one attached hydrogen (secondary N) is 1. The van der Waals surface area contributed by atoms with Gasteiger partial charge in [-0.2, -0.15) is 0 Å². The van der Waals surface area contributed by atoms with Crippen LogP contribution in [0, 0.1) is 5.92 Å². The second-order valence-electron chi connectivity index (χ2n) is 6.27. The Balaban J connectivity index is 1.68. The zero-order valence-corrected chi connectivity index (χ0v) is 11.8. The molecule has 1 heterocycles. The molecule has 0 amide bonds. The summed E-state index contributed by atoms with van der Waals surface area (Å²) in [6, 6.07) is 3.92. The first-order chi connectivity index (χ1) is 9.75. The van der Waals surface area contributed by atoms with Crippen LogP contribution in [0.15, 0.2) is 24.5 Å². The maximum Gasteiger partial charge on any atom is 0.0957 e. The number of nitrogens with zero attached hydrogens (tertiary/aromatic N) is 1. The molecule has 2 saturated carbocycles. The molecule has 4 atom stereocenters. The van der Waals surface area contributed by atoms with E-state index in [9.17, 15) is 10.2 Å². The Morgan fingerprint density at radius 2 is 1.85 bits per heavy atom. The molecular formula is C16H24N2O2. The monoisotopic (exact) mass is 276 g/mol. The second-order valence-corrected chi connectivity index (χ2v) is 6.27. The fraction of sp³-hybridized carbons (Fsp3) is 0.688. The van der Waals surface area contributed by atoms with E-state index in [0.717, 1.165) is 18.0 Å². The van der Waals surface area contributed by atoms with Crippen molar-refractivity contribution in [2.45, 2.75) is 56.3 Å². The molecule has 0 aliphatic heterocycles. The van der Waals surface area contributed by atoms with E-state index < -0.39 is 12.2 Å². The van der Waals surface area contributed by atoms with Gasteiger partial charge in [0.15, 0.2) is 0 Å². The first-order valence-corrected chi connectivity index (χ1v) is 7.75. The third kappa shape index (κ3) is 2.87. The van der Waals surface area contributed by atoms with Crippen molar-refractivity contribution >= 4 is 0 Å². The second kappa shape index (κ2) is 6.20. The summed E-state index contributed by atoms with van der Waals surface area (Å²) in [7, 11) is 0. The largest absolute Gasteiger partial charge is 0.390 e. The molecule has 4 nitrogen and oxygen atoms in total. The Morgan fingerprint density at radius 3 is 2.55 bits per heavy atom. The summed E-state index contributed by atoms with van der Waals surface area (Å²) in [6.07, 6.45) is 8.11. The van der Waals surface area contributed by atoms with Gasteiger partial charge in [0.1, 0.15) is 0 Å². The normalized spacial score (nSPS) is 34.7. The van der Waals surface area contributed by atoms with Gasteiger partial charge in [-0.05, 0) is 49.4 Å². The van der Waals surface area contributed by atoms with Crippen LogP contribution in [0.5, 0.6) is 0 Å². The SMILES string of the molecule is O[C@H]1[C@H](NCC2CCCC2)[C@@H](c2ccncc2)C[C@H]1O. The van der Waals surface area contributed by atoms with Gasteiger partial charge in [0.05, 0.1) is 12.2 Å². The summed E-state index contributed by atoms with van der Waals surface area (Å²) in [4.78, 5) is 4.04. The molecule has 3 rings (SSSR count). The van der Waals surface area contributed by atoms with Crippen molar-refractivity contribution < 1.29 is 10.2 Å². The Labute approximate surface area is 120 Å². The number of pyridine rings is 1. The van der Waals surface area contributed by atoms with E-state index in [-0.39, 0.29) is 12.0 Å². The van der Waals surface area contributed by atoms with Crippen LogP contribution >= 0.6 is 0 Å². The van der Waals surface area contributed by atoms with Gasteiger partial charge < -0.3 is 15.5 Å². The highest BCUT2D eigenvalue weighted by molar-refractivity contribution is 5.22. The van der Waals surface area contributed by atoms with Gasteiger partial charge in [-0.1, -0.05) is 12.8 Å². The van der Waals surface area contributed by atoms with Crippen molar-refractivity contribution in [1.82, 2.24) is 10.3 Å². The van der Waals surface area contributed by atoms with Crippen molar-refractivity contribution in [3.8, 4) is 0 Å². The summed E-state index contributed by atoms with van der Waals surface area (Å²) >= 11 is 0. The average molecular weight is 276 g/mol. The summed E-state index contributed by atoms with van der Waals surface area (Å²) in [5.41, 5.74) is 1.15. The van der Waals surface area contributed by atoms with E-state index in [1.54, 1.807) is 12.4 Å². The molecule has 2 aliphatic rings. The smallest absolute Gasteiger partial charge is 0.0957 e. The molecule has 4 heteroatoms. The van der Waals surface area contributed by atoms with Gasteiger partial charge in [0, 0.05) is 24.4 Å². The van der Waals surface area contributed by atoms with Crippen molar-refractivity contribution in [2.75, 3.05) is 6.54 Å². The lowest BCUT2D eigenvalue weighted by Gasteiger charge is -2.25. The molecule has 3 N–H and O–H groups in total. The van der Waals surface area contributed by atoms with Crippen LogP contribution in [0.1, 0.15) is 43.6 Å². The van der Waals surface area contributed by atoms with E-state index in [1.807, 2.05) is 12.1 Å². The van der Waals surface area contributed by atoms with Crippen LogP contribution in [0.25, 0.3) is 0 Å². The Kier molecular flexibility index (Phi) is 4.34. The van der Waals surface area contributed by atoms with Gasteiger partial charge in [0.2, 0.25) is 0 Å². The highest BCUT2D eigenvalue weighted by atomic mass is 16.3. The lowest BCUT2D eigenvalue weighted by molar-refractivity contribution is 0.0294. The van der Waals surface area contributed by atoms with Gasteiger partial charge in [-0.25, -0.2) is 0 Å². The number of rotatable bonds is 4. The topological polar surface area (TPSA) is 65.4 Å². The maximum atomic E-state index is 10.2. The van der Waals surface area contributed by atoms with Gasteiger partial charge in [-0.15, -0.1) is 0 Å². The Bertz CT molecular complexity index is 420. The van der Waals surface area contributed by atoms with Crippen LogP contribution in [-0.2, 0) is 0 Å². The highest BCUT2D eigenvalue weighted by Gasteiger charge is 2.42. The molecule has 2 fully saturated rings. The van der Waals surface area contributed by atoms with Crippen molar-refractivity contribution in [2.24, 2.45) is 5.92 Å². The predicted octanol–water partition coefficient (Wildman–Crippen LogP) is 1.44. The van der Waals surface area contributed by atoms with E-state index >= 15 is 0 Å². The first-order valence-electron chi connectivity index (χ1n) is 7.75. The quantitative estimate of drug-likeness (QED) is 0.778. The summed E-state index contributed by atoms with van der Waals surface area (Å²) < 4.78 is 0. The number of hydrogen-bond donors (Lipinski definition) is 3. The van der Waals surface area contributed by atoms with Crippen molar-refractivity contribution in [3.05, 3.63) is 30.1 Å². The number of aliphatic hydroxyl groups is 2. The van der Waals surface area contributed by atoms with Gasteiger partial charge >= 0.3 is 0 Å². The molecule has 20 heavy (non-hydrogen) atoms. The zero-order valence-electron chi connectivity index (χ0n) is 11.8. The summed E-state index contributed by atoms with van der Waals surface area (Å²) in [5, 5.41) is 23.7. The molecule has 0 radical (unpaired) electrons. The van der Waals surface area contributed by atoms with E-state index in [1.165, 1.54) is 25.7 Å². The van der Waals surface area contributed by atoms with Crippen molar-refractivity contribution in [3.63, 3.8) is 0 Å². The van der Waals surface area contributed by atoms with Crippen LogP contribution in [-0.4, -0.2) is 40.0 Å². The molecule has 110 valence electrons. The standard InChI is InChI=1S/C16H24N2O2/c19-14-9-13(12-5-7-17-8-6-12)15(16(14)20)18-10-11-3-1-2-4-11/h5-8,11,13-16,18-20H,1-4,9-10H2/t13-,14-,15-,16-/m1/s1. The molecular weight excluding hydrogens is 252 g/mol. The number of aromatic nitrogens is 1. The lowest BCUT2D eigenvalue weighted by atomic mass is 9.94. The maximum absolute atomic E-state index is 10.2. The third-order valence-electron chi connectivity index (χ3n) is 4.94. The van der Waals surface area contributed by atoms with Gasteiger partial charge in [-0.3, -0.25) is 4.98 Å². The van der Waals surface area contributed by atoms with E-state index in [2.05, 4.69) is 10.3 Å². The van der Waals surface area contributed by atoms with Gasteiger partial charge in [0.25, 0.3) is 0 Å². The minimum absolute atomic E-state index is 0.0481. The molecule has 0 aromatic carbocycles. The minimum atomic E-state index is -0.672. The molecule has 0 bridgehead atoms. The Hall–Kier alpha value is -0.970. The molecule has 0 spiro atoms. The minimum Gasteiger partial charge on any atom is -0.390 e. The van der Waals surface area contributed by atoms with Crippen LogP contribution < -0.4 is 5.32 Å². The van der Waals surface area contributed by atoms with Crippen molar-refractivity contribution in [1.29, 1.82) is 0 Å².